The number of hydrogen-bond acceptors (Lipinski definition) is 8. The summed E-state index contributed by atoms with van der Waals surface area (Å²) < 4.78 is 66.4. The Labute approximate surface area is 292 Å². The average molecular weight is 719 g/mol. The van der Waals surface area contributed by atoms with Crippen molar-refractivity contribution in [3.63, 3.8) is 0 Å². The van der Waals surface area contributed by atoms with Gasteiger partial charge in [-0.1, -0.05) is 30.4 Å². The Hall–Kier alpha value is -3.98. The van der Waals surface area contributed by atoms with Gasteiger partial charge in [0.05, 0.1) is 23.1 Å². The number of aryl methyl sites for hydroxylation is 1. The summed E-state index contributed by atoms with van der Waals surface area (Å²) in [6, 6.07) is 9.41. The molecule has 0 radical (unpaired) electrons. The van der Waals surface area contributed by atoms with Crippen molar-refractivity contribution in [2.75, 3.05) is 29.9 Å². The van der Waals surface area contributed by atoms with Crippen molar-refractivity contribution in [3.8, 4) is 0 Å². The van der Waals surface area contributed by atoms with E-state index in [2.05, 4.69) is 16.0 Å². The molecule has 14 heteroatoms. The highest BCUT2D eigenvalue weighted by molar-refractivity contribution is 7.74. The smallest absolute Gasteiger partial charge is 0.394 e. The van der Waals surface area contributed by atoms with E-state index >= 15 is 0 Å². The molecule has 0 bridgehead atoms. The third-order valence-corrected chi connectivity index (χ3v) is 9.16. The second kappa shape index (κ2) is 15.5. The summed E-state index contributed by atoms with van der Waals surface area (Å²) in [5.41, 5.74) is 0.966. The molecule has 2 aliphatic rings. The van der Waals surface area contributed by atoms with Gasteiger partial charge in [0, 0.05) is 59.5 Å². The van der Waals surface area contributed by atoms with Crippen LogP contribution in [-0.2, 0) is 32.5 Å². The average Bonchev–Trinajstić information content (AvgIpc) is 3.14. The molecule has 0 aromatic heterocycles. The van der Waals surface area contributed by atoms with Crippen molar-refractivity contribution in [2.24, 2.45) is 0 Å². The minimum Gasteiger partial charge on any atom is -0.394 e. The highest BCUT2D eigenvalue weighted by Crippen LogP contribution is 2.37. The van der Waals surface area contributed by atoms with Crippen LogP contribution in [0.2, 0.25) is 0 Å². The first-order chi connectivity index (χ1) is 23.3. The summed E-state index contributed by atoms with van der Waals surface area (Å²) in [6.07, 6.45) is -2.27. The summed E-state index contributed by atoms with van der Waals surface area (Å²) in [5.74, 6) is -1.04. The first kappa shape index (κ1) is 38.8. The third-order valence-electron chi connectivity index (χ3n) is 8.39. The second-order valence-electron chi connectivity index (χ2n) is 14.4. The van der Waals surface area contributed by atoms with Crippen molar-refractivity contribution < 1.29 is 41.4 Å². The zero-order valence-corrected chi connectivity index (χ0v) is 29.6. The summed E-state index contributed by atoms with van der Waals surface area (Å²) >= 11 is 0. The number of anilines is 2. The number of alkyl halides is 3. The van der Waals surface area contributed by atoms with E-state index < -0.39 is 58.1 Å². The van der Waals surface area contributed by atoms with Gasteiger partial charge in [0.25, 0.3) is 0 Å². The quantitative estimate of drug-likeness (QED) is 0.217. The number of para-hydroxylation sites is 1. The van der Waals surface area contributed by atoms with Crippen LogP contribution < -0.4 is 20.9 Å². The lowest BCUT2D eigenvalue weighted by atomic mass is 9.91. The molecule has 2 aromatic carbocycles. The minimum absolute atomic E-state index is 0.0286. The van der Waals surface area contributed by atoms with Gasteiger partial charge in [-0.25, -0.2) is 0 Å². The molecule has 0 saturated carbocycles. The van der Waals surface area contributed by atoms with Crippen LogP contribution in [0.15, 0.2) is 60.2 Å². The Kier molecular flexibility index (Phi) is 12.0. The number of nitrogens with one attached hydrogen (secondary N) is 3. The topological polar surface area (TPSA) is 148 Å². The van der Waals surface area contributed by atoms with Gasteiger partial charge < -0.3 is 31.1 Å². The molecule has 1 aliphatic carbocycles. The fourth-order valence-corrected chi connectivity index (χ4v) is 6.67. The van der Waals surface area contributed by atoms with Crippen molar-refractivity contribution in [3.05, 3.63) is 76.9 Å². The predicted octanol–water partition coefficient (Wildman–Crippen LogP) is 4.26. The number of hydrogen-bond donors (Lipinski definition) is 5. The summed E-state index contributed by atoms with van der Waals surface area (Å²) in [7, 11) is -2.63. The van der Waals surface area contributed by atoms with Crippen LogP contribution >= 0.6 is 0 Å². The van der Waals surface area contributed by atoms with Gasteiger partial charge in [0.1, 0.15) is 6.04 Å². The van der Waals surface area contributed by atoms with Crippen molar-refractivity contribution in [2.45, 2.75) is 89.7 Å². The van der Waals surface area contributed by atoms with Crippen LogP contribution in [0.4, 0.5) is 24.5 Å². The van der Waals surface area contributed by atoms with E-state index in [1.54, 1.807) is 32.1 Å². The first-order valence-electron chi connectivity index (χ1n) is 16.4. The van der Waals surface area contributed by atoms with E-state index in [-0.39, 0.29) is 60.4 Å². The van der Waals surface area contributed by atoms with E-state index in [1.807, 2.05) is 39.0 Å². The molecule has 5 N–H and O–H groups in total. The Morgan fingerprint density at radius 1 is 1.06 bits per heavy atom. The van der Waals surface area contributed by atoms with E-state index in [0.29, 0.717) is 16.7 Å². The molecule has 2 atom stereocenters. The van der Waals surface area contributed by atoms with Gasteiger partial charge in [0.15, 0.2) is 0 Å². The molecular formula is C36H45F3N4O6S. The van der Waals surface area contributed by atoms with Crippen LogP contribution in [0.1, 0.15) is 70.6 Å². The first-order valence-corrected chi connectivity index (χ1v) is 17.4. The van der Waals surface area contributed by atoms with Crippen LogP contribution in [0.5, 0.6) is 0 Å². The van der Waals surface area contributed by atoms with Crippen LogP contribution in [0.25, 0.3) is 5.57 Å². The van der Waals surface area contributed by atoms with Crippen LogP contribution in [0.3, 0.4) is 0 Å². The van der Waals surface area contributed by atoms with Gasteiger partial charge in [0.2, 0.25) is 22.1 Å². The Bertz CT molecular complexity index is 1800. The lowest BCUT2D eigenvalue weighted by Gasteiger charge is -2.30. The molecule has 0 spiro atoms. The van der Waals surface area contributed by atoms with E-state index in [0.717, 1.165) is 17.8 Å². The maximum absolute atomic E-state index is 14.1. The monoisotopic (exact) mass is 718 g/mol. The SMILES string of the molecule is CC(C)(C)Nc1ccccc1C1=CC=C(CN2C(=O)[C@H](NC(=O)CC(C)(C)NC[C@H](O)CO)CCc3cc(C(F)(F)F)ccc32)CC1=S(=O)=O. The Morgan fingerprint density at radius 2 is 1.76 bits per heavy atom. The molecule has 0 fully saturated rings. The third kappa shape index (κ3) is 10.1. The van der Waals surface area contributed by atoms with Gasteiger partial charge in [-0.3, -0.25) is 9.59 Å². The van der Waals surface area contributed by atoms with Crippen molar-refractivity contribution >= 4 is 43.9 Å². The molecule has 0 saturated heterocycles. The molecule has 10 nitrogen and oxygen atoms in total. The molecule has 50 heavy (non-hydrogen) atoms. The number of fused-ring (bicyclic) bond motifs is 1. The number of aliphatic hydroxyl groups is 2. The number of amides is 2. The number of benzene rings is 2. The molecule has 2 aromatic rings. The number of β-amino-alcohol motifs (C(OH)–C–C–N with tert-alkyl or cyclic N) is 1. The van der Waals surface area contributed by atoms with Crippen molar-refractivity contribution in [1.29, 1.82) is 0 Å². The number of carbonyl (C=O) groups excluding carboxylic acids is 2. The fourth-order valence-electron chi connectivity index (χ4n) is 6.01. The second-order valence-corrected chi connectivity index (χ2v) is 15.3. The van der Waals surface area contributed by atoms with Gasteiger partial charge in [-0.2, -0.15) is 21.6 Å². The molecule has 1 heterocycles. The molecule has 2 amide bonds. The normalized spacial score (nSPS) is 17.7. The van der Waals surface area contributed by atoms with E-state index in [4.69, 9.17) is 5.11 Å². The number of aliphatic hydroxyl groups excluding tert-OH is 2. The Balaban J connectivity index is 1.68. The predicted molar refractivity (Wildman–Crippen MR) is 188 cm³/mol. The number of carbonyl (C=O) groups is 2. The van der Waals surface area contributed by atoms with Gasteiger partial charge in [-0.05, 0) is 82.9 Å². The maximum Gasteiger partial charge on any atom is 0.416 e. The fraction of sp³-hybridized carbons (Fsp3) is 0.472. The number of halogens is 3. The maximum atomic E-state index is 14.1. The van der Waals surface area contributed by atoms with Gasteiger partial charge >= 0.3 is 6.18 Å². The van der Waals surface area contributed by atoms with Crippen molar-refractivity contribution in [1.82, 2.24) is 10.6 Å². The van der Waals surface area contributed by atoms with E-state index in [9.17, 15) is 36.3 Å². The summed E-state index contributed by atoms with van der Waals surface area (Å²) in [5, 5.41) is 27.9. The number of nitrogens with zero attached hydrogens (tertiary/aromatic N) is 1. The van der Waals surface area contributed by atoms with Crippen LogP contribution in [0, 0.1) is 0 Å². The molecule has 1 aliphatic heterocycles. The van der Waals surface area contributed by atoms with E-state index in [1.165, 1.54) is 11.0 Å². The standard InChI is InChI=1S/C36H45F3N4O6S/c1-34(2,3)42-28-9-7-6-8-26(28)27-13-10-22(16-31(27)50(48)49)20-43-30-15-12-24(36(37,38)39)17-23(30)11-14-29(33(43)47)41-32(46)18-35(4,5)40-19-25(45)21-44/h6-10,12-13,15,17,25,29,40,42,44-45H,11,14,16,18-21H2,1-5H3,(H,41,46)/t25-,29+/m0/s1. The number of allylic oxidation sites excluding steroid dienone is 3. The Morgan fingerprint density at radius 3 is 2.40 bits per heavy atom. The lowest BCUT2D eigenvalue weighted by molar-refractivity contribution is -0.137. The molecule has 4 rings (SSSR count). The molecule has 0 unspecified atom stereocenters. The molecular weight excluding hydrogens is 673 g/mol. The highest BCUT2D eigenvalue weighted by atomic mass is 32.2. The zero-order valence-electron chi connectivity index (χ0n) is 28.8. The van der Waals surface area contributed by atoms with Gasteiger partial charge in [-0.15, -0.1) is 0 Å². The minimum atomic E-state index is -4.61. The summed E-state index contributed by atoms with van der Waals surface area (Å²) in [6.45, 7) is 8.84. The zero-order chi connectivity index (χ0) is 37.0. The van der Waals surface area contributed by atoms with Crippen LogP contribution in [-0.4, -0.2) is 78.2 Å². The largest absolute Gasteiger partial charge is 0.416 e. The summed E-state index contributed by atoms with van der Waals surface area (Å²) in [4.78, 5) is 28.7. The highest BCUT2D eigenvalue weighted by Gasteiger charge is 2.36. The number of rotatable bonds is 11. The molecule has 272 valence electrons. The lowest BCUT2D eigenvalue weighted by Crippen LogP contribution is -2.52.